The van der Waals surface area contributed by atoms with Crippen LogP contribution in [0.1, 0.15) is 12.0 Å². The van der Waals surface area contributed by atoms with Gasteiger partial charge >= 0.3 is 0 Å². The van der Waals surface area contributed by atoms with E-state index in [0.717, 1.165) is 30.9 Å². The largest absolute Gasteiger partial charge is 0.497 e. The molecular weight excluding hydrogens is 228 g/mol. The summed E-state index contributed by atoms with van der Waals surface area (Å²) in [6, 6.07) is 5.95. The first kappa shape index (κ1) is 12.5. The second-order valence-corrected chi connectivity index (χ2v) is 4.08. The molecule has 0 atom stereocenters. The summed E-state index contributed by atoms with van der Waals surface area (Å²) in [7, 11) is 3.35. The summed E-state index contributed by atoms with van der Waals surface area (Å²) in [5.74, 6) is 1.71. The van der Waals surface area contributed by atoms with Gasteiger partial charge in [-0.2, -0.15) is 0 Å². The van der Waals surface area contributed by atoms with Gasteiger partial charge in [-0.3, -0.25) is 0 Å². The zero-order chi connectivity index (χ0) is 12.8. The number of aromatic nitrogens is 2. The lowest BCUT2D eigenvalue weighted by molar-refractivity contribution is 0.390. The number of aryl methyl sites for hydroxylation is 2. The summed E-state index contributed by atoms with van der Waals surface area (Å²) < 4.78 is 12.6. The summed E-state index contributed by atoms with van der Waals surface area (Å²) in [4.78, 5) is 4.03. The zero-order valence-corrected chi connectivity index (χ0v) is 10.8. The first-order valence-electron chi connectivity index (χ1n) is 6.00. The fraction of sp³-hybridized carbons (Fsp3) is 0.357. The maximum absolute atomic E-state index is 5.38. The molecule has 0 radical (unpaired) electrons. The molecule has 18 heavy (non-hydrogen) atoms. The fourth-order valence-electron chi connectivity index (χ4n) is 1.93. The number of ether oxygens (including phenoxy) is 2. The standard InChI is InChI=1S/C14H18N2O2/c1-17-13-6-5-12(14(10-13)18-2)4-3-8-16-9-7-15-11-16/h5-7,9-11H,3-4,8H2,1-2H3. The number of methoxy groups -OCH3 is 2. The number of hydrogen-bond acceptors (Lipinski definition) is 3. The van der Waals surface area contributed by atoms with Crippen molar-refractivity contribution in [1.29, 1.82) is 0 Å². The van der Waals surface area contributed by atoms with Gasteiger partial charge in [-0.15, -0.1) is 0 Å². The van der Waals surface area contributed by atoms with E-state index < -0.39 is 0 Å². The number of nitrogens with zero attached hydrogens (tertiary/aromatic N) is 2. The van der Waals surface area contributed by atoms with Crippen molar-refractivity contribution in [1.82, 2.24) is 9.55 Å². The van der Waals surface area contributed by atoms with Gasteiger partial charge in [0.1, 0.15) is 11.5 Å². The molecule has 2 aromatic rings. The van der Waals surface area contributed by atoms with E-state index in [0.29, 0.717) is 0 Å². The van der Waals surface area contributed by atoms with E-state index in [1.807, 2.05) is 24.7 Å². The van der Waals surface area contributed by atoms with Crippen LogP contribution < -0.4 is 9.47 Å². The van der Waals surface area contributed by atoms with E-state index in [1.165, 1.54) is 5.56 Å². The Morgan fingerprint density at radius 2 is 2.11 bits per heavy atom. The highest BCUT2D eigenvalue weighted by Gasteiger charge is 2.04. The lowest BCUT2D eigenvalue weighted by atomic mass is 10.1. The van der Waals surface area contributed by atoms with Crippen molar-refractivity contribution in [2.45, 2.75) is 19.4 Å². The van der Waals surface area contributed by atoms with Crippen LogP contribution in [0.25, 0.3) is 0 Å². The molecule has 4 nitrogen and oxygen atoms in total. The Labute approximate surface area is 107 Å². The number of rotatable bonds is 6. The van der Waals surface area contributed by atoms with Crippen molar-refractivity contribution in [3.05, 3.63) is 42.5 Å². The second kappa shape index (κ2) is 6.10. The van der Waals surface area contributed by atoms with Crippen LogP contribution in [0.2, 0.25) is 0 Å². The van der Waals surface area contributed by atoms with E-state index in [4.69, 9.17) is 9.47 Å². The third-order valence-corrected chi connectivity index (χ3v) is 2.92. The lowest BCUT2D eigenvalue weighted by Gasteiger charge is -2.10. The van der Waals surface area contributed by atoms with E-state index in [2.05, 4.69) is 15.6 Å². The smallest absolute Gasteiger partial charge is 0.125 e. The Morgan fingerprint density at radius 3 is 2.78 bits per heavy atom. The number of benzene rings is 1. The maximum Gasteiger partial charge on any atom is 0.125 e. The Balaban J connectivity index is 1.96. The van der Waals surface area contributed by atoms with Crippen LogP contribution in [0.5, 0.6) is 11.5 Å². The van der Waals surface area contributed by atoms with E-state index in [1.54, 1.807) is 20.4 Å². The van der Waals surface area contributed by atoms with Crippen LogP contribution in [-0.4, -0.2) is 23.8 Å². The second-order valence-electron chi connectivity index (χ2n) is 4.08. The van der Waals surface area contributed by atoms with Gasteiger partial charge in [0, 0.05) is 25.0 Å². The van der Waals surface area contributed by atoms with Crippen molar-refractivity contribution in [2.75, 3.05) is 14.2 Å². The highest BCUT2D eigenvalue weighted by molar-refractivity contribution is 5.40. The summed E-state index contributed by atoms with van der Waals surface area (Å²) in [5.41, 5.74) is 1.21. The van der Waals surface area contributed by atoms with Gasteiger partial charge in [-0.05, 0) is 24.5 Å². The summed E-state index contributed by atoms with van der Waals surface area (Å²) >= 11 is 0. The minimum absolute atomic E-state index is 0.824. The van der Waals surface area contributed by atoms with Gasteiger partial charge in [-0.25, -0.2) is 4.98 Å². The van der Waals surface area contributed by atoms with Crippen LogP contribution >= 0.6 is 0 Å². The molecule has 0 amide bonds. The molecule has 0 saturated carbocycles. The molecule has 0 aliphatic heterocycles. The summed E-state index contributed by atoms with van der Waals surface area (Å²) in [6.45, 7) is 0.967. The number of hydrogen-bond donors (Lipinski definition) is 0. The molecule has 4 heteroatoms. The van der Waals surface area contributed by atoms with Crippen molar-refractivity contribution in [3.63, 3.8) is 0 Å². The van der Waals surface area contributed by atoms with E-state index >= 15 is 0 Å². The van der Waals surface area contributed by atoms with Gasteiger partial charge in [-0.1, -0.05) is 6.07 Å². The van der Waals surface area contributed by atoms with Crippen LogP contribution in [0.15, 0.2) is 36.9 Å². The fourth-order valence-corrected chi connectivity index (χ4v) is 1.93. The molecule has 2 rings (SSSR count). The Hall–Kier alpha value is -1.97. The quantitative estimate of drug-likeness (QED) is 0.786. The molecular formula is C14H18N2O2. The topological polar surface area (TPSA) is 36.3 Å². The molecule has 0 aliphatic rings. The third-order valence-electron chi connectivity index (χ3n) is 2.92. The van der Waals surface area contributed by atoms with E-state index in [9.17, 15) is 0 Å². The predicted octanol–water partition coefficient (Wildman–Crippen LogP) is 2.53. The monoisotopic (exact) mass is 246 g/mol. The molecule has 0 saturated heterocycles. The number of imidazole rings is 1. The molecule has 1 aromatic heterocycles. The Kier molecular flexibility index (Phi) is 4.23. The third kappa shape index (κ3) is 3.03. The van der Waals surface area contributed by atoms with Crippen molar-refractivity contribution >= 4 is 0 Å². The predicted molar refractivity (Wildman–Crippen MR) is 70.1 cm³/mol. The van der Waals surface area contributed by atoms with Crippen molar-refractivity contribution in [2.24, 2.45) is 0 Å². The van der Waals surface area contributed by atoms with Crippen LogP contribution in [-0.2, 0) is 13.0 Å². The maximum atomic E-state index is 5.38. The molecule has 0 spiro atoms. The minimum Gasteiger partial charge on any atom is -0.497 e. The molecule has 0 fully saturated rings. The Bertz CT molecular complexity index is 481. The molecule has 1 aromatic carbocycles. The highest BCUT2D eigenvalue weighted by Crippen LogP contribution is 2.25. The average molecular weight is 246 g/mol. The van der Waals surface area contributed by atoms with Gasteiger partial charge in [0.15, 0.2) is 0 Å². The first-order valence-corrected chi connectivity index (χ1v) is 6.00. The molecule has 0 unspecified atom stereocenters. The molecule has 0 bridgehead atoms. The average Bonchev–Trinajstić information content (AvgIpc) is 2.92. The molecule has 0 N–H and O–H groups in total. The van der Waals surface area contributed by atoms with Gasteiger partial charge in [0.2, 0.25) is 0 Å². The summed E-state index contributed by atoms with van der Waals surface area (Å²) in [6.07, 6.45) is 7.65. The van der Waals surface area contributed by atoms with Crippen LogP contribution in [0, 0.1) is 0 Å². The lowest BCUT2D eigenvalue weighted by Crippen LogP contribution is -1.99. The normalized spacial score (nSPS) is 10.3. The minimum atomic E-state index is 0.824. The SMILES string of the molecule is COc1ccc(CCCn2ccnc2)c(OC)c1. The first-order chi connectivity index (χ1) is 8.83. The van der Waals surface area contributed by atoms with Crippen LogP contribution in [0.4, 0.5) is 0 Å². The van der Waals surface area contributed by atoms with Gasteiger partial charge in [0.05, 0.1) is 20.5 Å². The molecule has 0 aliphatic carbocycles. The highest BCUT2D eigenvalue weighted by atomic mass is 16.5. The van der Waals surface area contributed by atoms with Gasteiger partial charge in [0.25, 0.3) is 0 Å². The molecule has 96 valence electrons. The van der Waals surface area contributed by atoms with Crippen molar-refractivity contribution in [3.8, 4) is 11.5 Å². The van der Waals surface area contributed by atoms with E-state index in [-0.39, 0.29) is 0 Å². The zero-order valence-electron chi connectivity index (χ0n) is 10.8. The van der Waals surface area contributed by atoms with Gasteiger partial charge < -0.3 is 14.0 Å². The van der Waals surface area contributed by atoms with Crippen molar-refractivity contribution < 1.29 is 9.47 Å². The van der Waals surface area contributed by atoms with Crippen LogP contribution in [0.3, 0.4) is 0 Å². The molecule has 1 heterocycles. The summed E-state index contributed by atoms with van der Waals surface area (Å²) in [5, 5.41) is 0. The Morgan fingerprint density at radius 1 is 1.22 bits per heavy atom.